The number of carbonyl (C=O) groups excluding carboxylic acids is 3. The largest absolute Gasteiger partial charge is 0.468 e. The number of esters is 1. The number of aromatic nitrogens is 1. The normalized spacial score (nSPS) is 34.4. The van der Waals surface area contributed by atoms with Crippen molar-refractivity contribution >= 4 is 64.7 Å². The molecular formula is C22H19ClN2O4S3. The molecule has 0 radical (unpaired) electrons. The third kappa shape index (κ3) is 2.84. The zero-order chi connectivity index (χ0) is 22.3. The van der Waals surface area contributed by atoms with Crippen LogP contribution >= 0.6 is 46.9 Å². The number of methoxy groups -OCH3 is 1. The Morgan fingerprint density at radius 1 is 1.22 bits per heavy atom. The number of imide groups is 1. The Hall–Kier alpha value is -1.68. The summed E-state index contributed by atoms with van der Waals surface area (Å²) < 4.78 is 5.45. The van der Waals surface area contributed by atoms with Gasteiger partial charge in [-0.2, -0.15) is 0 Å². The van der Waals surface area contributed by atoms with Gasteiger partial charge in [0.05, 0.1) is 24.0 Å². The number of carbonyl (C=O) groups is 3. The highest BCUT2D eigenvalue weighted by Crippen LogP contribution is 2.68. The van der Waals surface area contributed by atoms with Crippen LogP contribution < -0.4 is 0 Å². The summed E-state index contributed by atoms with van der Waals surface area (Å²) in [5.41, 5.74) is 1.16. The molecule has 2 aliphatic carbocycles. The maximum absolute atomic E-state index is 13.3. The standard InChI is InChI=1S/C22H19ClN2O4S3/c1-29-12(26)7-25-20(27)15-10-6-11(16(15)21(25)28)17-14(10)13(8-2-4-9(23)5-3-8)18-19(31-17)24-22(30)32-18/h2-5,10-11,13-17H,6-7H2,1H3,(H,24,30). The van der Waals surface area contributed by atoms with Crippen LogP contribution in [0.2, 0.25) is 5.02 Å². The SMILES string of the molecule is COC(=O)CN1C(=O)C2C3CC(C2C1=O)C1C(c2ccc(Cl)cc2)c2sc(=S)[nH]c2SC31. The molecule has 0 spiro atoms. The maximum atomic E-state index is 13.3. The van der Waals surface area contributed by atoms with Gasteiger partial charge in [-0.1, -0.05) is 23.7 Å². The van der Waals surface area contributed by atoms with Crippen LogP contribution in [0, 0.1) is 33.5 Å². The first-order valence-corrected chi connectivity index (χ1v) is 12.9. The Morgan fingerprint density at radius 2 is 1.91 bits per heavy atom. The molecule has 1 aromatic heterocycles. The number of nitrogens with one attached hydrogen (secondary N) is 1. The number of halogens is 1. The summed E-state index contributed by atoms with van der Waals surface area (Å²) in [7, 11) is 1.27. The first-order chi connectivity index (χ1) is 15.4. The maximum Gasteiger partial charge on any atom is 0.325 e. The summed E-state index contributed by atoms with van der Waals surface area (Å²) in [6.07, 6.45) is 0.862. The fourth-order valence-corrected chi connectivity index (χ4v) is 9.93. The molecule has 6 nitrogen and oxygen atoms in total. The van der Waals surface area contributed by atoms with Crippen molar-refractivity contribution in [2.24, 2.45) is 29.6 Å². The molecule has 166 valence electrons. The minimum Gasteiger partial charge on any atom is -0.468 e. The molecule has 7 unspecified atom stereocenters. The predicted octanol–water partition coefficient (Wildman–Crippen LogP) is 4.11. The average Bonchev–Trinajstić information content (AvgIpc) is 3.50. The van der Waals surface area contributed by atoms with Crippen molar-refractivity contribution in [3.8, 4) is 0 Å². The van der Waals surface area contributed by atoms with Crippen molar-refractivity contribution in [3.63, 3.8) is 0 Å². The monoisotopic (exact) mass is 506 g/mol. The van der Waals surface area contributed by atoms with E-state index < -0.39 is 5.97 Å². The second-order valence-electron chi connectivity index (χ2n) is 8.85. The van der Waals surface area contributed by atoms with Crippen LogP contribution in [0.3, 0.4) is 0 Å². The molecule has 6 rings (SSSR count). The van der Waals surface area contributed by atoms with Crippen molar-refractivity contribution < 1.29 is 19.1 Å². The molecular weight excluding hydrogens is 488 g/mol. The highest BCUT2D eigenvalue weighted by molar-refractivity contribution is 8.00. The molecule has 32 heavy (non-hydrogen) atoms. The van der Waals surface area contributed by atoms with Crippen molar-refractivity contribution in [1.29, 1.82) is 0 Å². The molecule has 3 fully saturated rings. The Bertz CT molecular complexity index is 1210. The lowest BCUT2D eigenvalue weighted by Gasteiger charge is -2.43. The number of ether oxygens (including phenoxy) is 1. The molecule has 3 heterocycles. The van der Waals surface area contributed by atoms with Gasteiger partial charge in [0, 0.05) is 21.1 Å². The van der Waals surface area contributed by atoms with Gasteiger partial charge in [-0.3, -0.25) is 19.3 Å². The molecule has 4 aliphatic rings. The number of H-pyrrole nitrogens is 1. The van der Waals surface area contributed by atoms with E-state index in [1.807, 2.05) is 12.1 Å². The van der Waals surface area contributed by atoms with Crippen LogP contribution in [0.5, 0.6) is 0 Å². The van der Waals surface area contributed by atoms with Crippen molar-refractivity contribution in [2.45, 2.75) is 22.6 Å². The minimum atomic E-state index is -0.570. The number of fused-ring (bicyclic) bond motifs is 9. The summed E-state index contributed by atoms with van der Waals surface area (Å²) >= 11 is 15.0. The summed E-state index contributed by atoms with van der Waals surface area (Å²) in [5, 5.41) is 1.97. The smallest absolute Gasteiger partial charge is 0.325 e. The average molecular weight is 507 g/mol. The van der Waals surface area contributed by atoms with Crippen molar-refractivity contribution in [2.75, 3.05) is 13.7 Å². The summed E-state index contributed by atoms with van der Waals surface area (Å²) in [6.45, 7) is -0.301. The molecule has 1 saturated heterocycles. The van der Waals surface area contributed by atoms with Gasteiger partial charge in [0.1, 0.15) is 6.54 Å². The number of aromatic amines is 1. The van der Waals surface area contributed by atoms with Gasteiger partial charge >= 0.3 is 5.97 Å². The van der Waals surface area contributed by atoms with Gasteiger partial charge in [-0.15, -0.1) is 23.1 Å². The molecule has 7 atom stereocenters. The summed E-state index contributed by atoms with van der Waals surface area (Å²) in [5.74, 6) is -1.21. The number of thioether (sulfide) groups is 1. The Labute approximate surface area is 202 Å². The van der Waals surface area contributed by atoms with E-state index in [9.17, 15) is 14.4 Å². The first kappa shape index (κ1) is 20.9. The van der Waals surface area contributed by atoms with E-state index in [1.165, 1.54) is 12.0 Å². The topological polar surface area (TPSA) is 79.5 Å². The summed E-state index contributed by atoms with van der Waals surface area (Å²) in [4.78, 5) is 44.0. The van der Waals surface area contributed by atoms with E-state index in [0.29, 0.717) is 5.02 Å². The van der Waals surface area contributed by atoms with Crippen LogP contribution in [-0.4, -0.2) is 46.6 Å². The number of amides is 2. The molecule has 10 heteroatoms. The number of benzene rings is 1. The van der Waals surface area contributed by atoms with E-state index in [-0.39, 0.29) is 59.1 Å². The molecule has 1 aromatic carbocycles. The molecule has 2 aromatic rings. The second-order valence-corrected chi connectivity index (χ2v) is 12.2. The van der Waals surface area contributed by atoms with Crippen molar-refractivity contribution in [1.82, 2.24) is 9.88 Å². The Morgan fingerprint density at radius 3 is 2.59 bits per heavy atom. The zero-order valence-electron chi connectivity index (χ0n) is 16.9. The predicted molar refractivity (Wildman–Crippen MR) is 123 cm³/mol. The Balaban J connectivity index is 1.42. The van der Waals surface area contributed by atoms with Gasteiger partial charge in [0.2, 0.25) is 11.8 Å². The molecule has 2 saturated carbocycles. The Kier molecular flexibility index (Phi) is 4.84. The molecule has 1 N–H and O–H groups in total. The quantitative estimate of drug-likeness (QED) is 0.383. The van der Waals surface area contributed by atoms with Crippen LogP contribution in [-0.2, 0) is 19.1 Å². The number of thiazole rings is 1. The molecule has 2 bridgehead atoms. The number of nitrogens with zero attached hydrogens (tertiary/aromatic N) is 1. The van der Waals surface area contributed by atoms with Gasteiger partial charge in [-0.25, -0.2) is 0 Å². The third-order valence-corrected chi connectivity index (χ3v) is 10.8. The lowest BCUT2D eigenvalue weighted by Crippen LogP contribution is -2.42. The van der Waals surface area contributed by atoms with Crippen molar-refractivity contribution in [3.05, 3.63) is 43.7 Å². The summed E-state index contributed by atoms with van der Waals surface area (Å²) in [6, 6.07) is 7.91. The van der Waals surface area contributed by atoms with Crippen LogP contribution in [0.1, 0.15) is 22.8 Å². The molecule has 2 amide bonds. The van der Waals surface area contributed by atoms with Gasteiger partial charge in [0.15, 0.2) is 3.95 Å². The number of likely N-dealkylation sites (tertiary alicyclic amines) is 1. The zero-order valence-corrected chi connectivity index (χ0v) is 20.2. The van der Waals surface area contributed by atoms with E-state index in [2.05, 4.69) is 17.1 Å². The third-order valence-electron chi connectivity index (χ3n) is 7.56. The number of rotatable bonds is 3. The fraction of sp³-hybridized carbons (Fsp3) is 0.455. The minimum absolute atomic E-state index is 0.0890. The van der Waals surface area contributed by atoms with Gasteiger partial charge in [0.25, 0.3) is 0 Å². The second kappa shape index (κ2) is 7.41. The van der Waals surface area contributed by atoms with Gasteiger partial charge < -0.3 is 9.72 Å². The van der Waals surface area contributed by atoms with Crippen LogP contribution in [0.25, 0.3) is 0 Å². The lowest BCUT2D eigenvalue weighted by molar-refractivity contribution is -0.151. The van der Waals surface area contributed by atoms with E-state index in [0.717, 1.165) is 25.9 Å². The van der Waals surface area contributed by atoms with E-state index in [4.69, 9.17) is 28.6 Å². The van der Waals surface area contributed by atoms with Gasteiger partial charge in [-0.05, 0) is 54.1 Å². The fourth-order valence-electron chi connectivity index (χ4n) is 6.47. The van der Waals surface area contributed by atoms with Crippen LogP contribution in [0.15, 0.2) is 29.3 Å². The number of hydrogen-bond acceptors (Lipinski definition) is 7. The lowest BCUT2D eigenvalue weighted by atomic mass is 9.68. The number of hydrogen-bond donors (Lipinski definition) is 1. The molecule has 2 aliphatic heterocycles. The van der Waals surface area contributed by atoms with Crippen LogP contribution in [0.4, 0.5) is 0 Å². The first-order valence-electron chi connectivity index (χ1n) is 10.5. The van der Waals surface area contributed by atoms with E-state index in [1.54, 1.807) is 23.1 Å². The van der Waals surface area contributed by atoms with E-state index >= 15 is 0 Å². The highest BCUT2D eigenvalue weighted by atomic mass is 35.5. The highest BCUT2D eigenvalue weighted by Gasteiger charge is 2.69.